The van der Waals surface area contributed by atoms with Gasteiger partial charge in [0.25, 0.3) is 0 Å². The number of nitrogens with zero attached hydrogens (tertiary/aromatic N) is 2. The zero-order valence-electron chi connectivity index (χ0n) is 9.73. The zero-order valence-corrected chi connectivity index (χ0v) is 11.4. The van der Waals surface area contributed by atoms with Crippen molar-refractivity contribution in [2.45, 2.75) is 0 Å². The Hall–Kier alpha value is -1.83. The van der Waals surface area contributed by atoms with Gasteiger partial charge in [-0.3, -0.25) is 0 Å². The Balaban J connectivity index is 2.00. The molecule has 3 rings (SSSR count). The van der Waals surface area contributed by atoms with Crippen molar-refractivity contribution in [3.05, 3.63) is 73.3 Å². The molecular formula is C15H12N2Se. The van der Waals surface area contributed by atoms with Crippen LogP contribution in [0, 0.1) is 0 Å². The summed E-state index contributed by atoms with van der Waals surface area (Å²) in [5.41, 5.74) is 2.59. The van der Waals surface area contributed by atoms with E-state index in [2.05, 4.69) is 57.1 Å². The SMILES string of the molecule is c1ccc(-c2ccccc2[Se]n2ccnc2)cc1. The van der Waals surface area contributed by atoms with Crippen LogP contribution in [0.1, 0.15) is 0 Å². The van der Waals surface area contributed by atoms with Gasteiger partial charge in [0.1, 0.15) is 0 Å². The first-order chi connectivity index (χ1) is 8.93. The summed E-state index contributed by atoms with van der Waals surface area (Å²) < 4.78 is 3.52. The van der Waals surface area contributed by atoms with E-state index in [-0.39, 0.29) is 15.2 Å². The van der Waals surface area contributed by atoms with Crippen LogP contribution in [-0.2, 0) is 0 Å². The van der Waals surface area contributed by atoms with Crippen molar-refractivity contribution in [3.63, 3.8) is 0 Å². The first kappa shape index (κ1) is 11.3. The molecule has 0 radical (unpaired) electrons. The first-order valence-corrected chi connectivity index (χ1v) is 7.36. The molecule has 0 unspecified atom stereocenters. The molecule has 0 atom stereocenters. The molecule has 0 saturated heterocycles. The van der Waals surface area contributed by atoms with Gasteiger partial charge in [-0.15, -0.1) is 0 Å². The molecule has 0 N–H and O–H groups in total. The Labute approximate surface area is 113 Å². The van der Waals surface area contributed by atoms with E-state index in [0.717, 1.165) is 0 Å². The number of rotatable bonds is 3. The second-order valence-electron chi connectivity index (χ2n) is 3.88. The van der Waals surface area contributed by atoms with Crippen LogP contribution in [0.3, 0.4) is 0 Å². The van der Waals surface area contributed by atoms with E-state index >= 15 is 0 Å². The second-order valence-corrected chi connectivity index (χ2v) is 6.07. The monoisotopic (exact) mass is 300 g/mol. The zero-order chi connectivity index (χ0) is 12.2. The molecule has 0 aliphatic heterocycles. The fraction of sp³-hybridized carbons (Fsp3) is 0. The number of benzene rings is 2. The maximum atomic E-state index is 4.10. The third-order valence-corrected chi connectivity index (χ3v) is 4.71. The van der Waals surface area contributed by atoms with Crippen LogP contribution in [0.4, 0.5) is 0 Å². The molecule has 88 valence electrons. The molecule has 0 aliphatic rings. The van der Waals surface area contributed by atoms with Crippen LogP contribution in [0.25, 0.3) is 11.1 Å². The van der Waals surface area contributed by atoms with Crippen LogP contribution < -0.4 is 4.46 Å². The molecule has 1 heterocycles. The molecular weight excluding hydrogens is 287 g/mol. The Morgan fingerprint density at radius 1 is 0.889 bits per heavy atom. The topological polar surface area (TPSA) is 17.8 Å². The summed E-state index contributed by atoms with van der Waals surface area (Å²) >= 11 is 0.239. The predicted octanol–water partition coefficient (Wildman–Crippen LogP) is 2.34. The van der Waals surface area contributed by atoms with E-state index in [0.29, 0.717) is 0 Å². The van der Waals surface area contributed by atoms with Crippen molar-refractivity contribution in [2.24, 2.45) is 0 Å². The summed E-state index contributed by atoms with van der Waals surface area (Å²) in [5.74, 6) is 0. The molecule has 3 aromatic rings. The van der Waals surface area contributed by atoms with E-state index in [1.165, 1.54) is 15.6 Å². The Morgan fingerprint density at radius 3 is 2.44 bits per heavy atom. The van der Waals surface area contributed by atoms with Gasteiger partial charge in [-0.2, -0.15) is 0 Å². The fourth-order valence-corrected chi connectivity index (χ4v) is 3.64. The predicted molar refractivity (Wildman–Crippen MR) is 74.9 cm³/mol. The van der Waals surface area contributed by atoms with Crippen molar-refractivity contribution in [1.29, 1.82) is 0 Å². The fourth-order valence-electron chi connectivity index (χ4n) is 1.82. The third kappa shape index (κ3) is 2.37. The maximum absolute atomic E-state index is 4.10. The number of hydrogen-bond acceptors (Lipinski definition) is 1. The molecule has 0 bridgehead atoms. The molecule has 2 aromatic carbocycles. The Bertz CT molecular complexity index is 618. The average Bonchev–Trinajstić information content (AvgIpc) is 2.93. The summed E-state index contributed by atoms with van der Waals surface area (Å²) in [6, 6.07) is 19.1. The standard InChI is InChI=1S/C15H12N2Se/c1-2-6-13(7-3-1)14-8-4-5-9-15(14)18-17-11-10-16-12-17/h1-12H. The summed E-state index contributed by atoms with van der Waals surface area (Å²) in [7, 11) is 0. The molecule has 0 aliphatic carbocycles. The van der Waals surface area contributed by atoms with Gasteiger partial charge in [0, 0.05) is 0 Å². The van der Waals surface area contributed by atoms with Crippen molar-refractivity contribution < 1.29 is 0 Å². The third-order valence-electron chi connectivity index (χ3n) is 2.66. The van der Waals surface area contributed by atoms with Gasteiger partial charge >= 0.3 is 113 Å². The van der Waals surface area contributed by atoms with Gasteiger partial charge in [-0.25, -0.2) is 0 Å². The average molecular weight is 299 g/mol. The number of hydrogen-bond donors (Lipinski definition) is 0. The molecule has 18 heavy (non-hydrogen) atoms. The Kier molecular flexibility index (Phi) is 3.26. The quantitative estimate of drug-likeness (QED) is 0.679. The molecule has 1 aromatic heterocycles. The Morgan fingerprint density at radius 2 is 1.67 bits per heavy atom. The molecule has 0 amide bonds. The van der Waals surface area contributed by atoms with Crippen LogP contribution in [0.15, 0.2) is 73.3 Å². The van der Waals surface area contributed by atoms with Crippen molar-refractivity contribution >= 4 is 19.6 Å². The molecule has 0 saturated carbocycles. The second kappa shape index (κ2) is 5.21. The minimum atomic E-state index is 0.239. The van der Waals surface area contributed by atoms with Gasteiger partial charge in [-0.05, 0) is 0 Å². The van der Waals surface area contributed by atoms with Crippen molar-refractivity contribution in [2.75, 3.05) is 0 Å². The molecule has 0 spiro atoms. The van der Waals surface area contributed by atoms with E-state index in [9.17, 15) is 0 Å². The van der Waals surface area contributed by atoms with Gasteiger partial charge < -0.3 is 0 Å². The van der Waals surface area contributed by atoms with Crippen LogP contribution >= 0.6 is 0 Å². The van der Waals surface area contributed by atoms with E-state index in [1.807, 2.05) is 24.8 Å². The summed E-state index contributed by atoms with van der Waals surface area (Å²) in [5, 5.41) is 0. The molecule has 3 heteroatoms. The van der Waals surface area contributed by atoms with E-state index < -0.39 is 0 Å². The van der Waals surface area contributed by atoms with Crippen LogP contribution in [0.2, 0.25) is 0 Å². The van der Waals surface area contributed by atoms with Gasteiger partial charge in [-0.1, -0.05) is 0 Å². The minimum absolute atomic E-state index is 0.239. The van der Waals surface area contributed by atoms with Crippen LogP contribution in [0.5, 0.6) is 0 Å². The summed E-state index contributed by atoms with van der Waals surface area (Å²) in [6.45, 7) is 0. The molecule has 2 nitrogen and oxygen atoms in total. The van der Waals surface area contributed by atoms with Gasteiger partial charge in [0.15, 0.2) is 0 Å². The summed E-state index contributed by atoms with van der Waals surface area (Å²) in [4.78, 5) is 4.10. The number of imidazole rings is 1. The summed E-state index contributed by atoms with van der Waals surface area (Å²) in [6.07, 6.45) is 5.72. The van der Waals surface area contributed by atoms with Crippen molar-refractivity contribution in [1.82, 2.24) is 8.57 Å². The molecule has 0 fully saturated rings. The van der Waals surface area contributed by atoms with Crippen molar-refractivity contribution in [3.8, 4) is 11.1 Å². The normalized spacial score (nSPS) is 10.4. The number of aromatic nitrogens is 2. The van der Waals surface area contributed by atoms with Crippen LogP contribution in [-0.4, -0.2) is 23.7 Å². The van der Waals surface area contributed by atoms with E-state index in [1.54, 1.807) is 0 Å². The van der Waals surface area contributed by atoms with E-state index in [4.69, 9.17) is 0 Å². The first-order valence-electron chi connectivity index (χ1n) is 5.74. The van der Waals surface area contributed by atoms with Gasteiger partial charge in [0.2, 0.25) is 0 Å². The van der Waals surface area contributed by atoms with Gasteiger partial charge in [0.05, 0.1) is 0 Å².